The minimum absolute atomic E-state index is 0.0438. The number of amides is 2. The maximum absolute atomic E-state index is 12.1. The molecule has 0 bridgehead atoms. The van der Waals surface area contributed by atoms with E-state index in [0.29, 0.717) is 11.4 Å². The second kappa shape index (κ2) is 8.95. The van der Waals surface area contributed by atoms with Gasteiger partial charge in [-0.25, -0.2) is 0 Å². The van der Waals surface area contributed by atoms with Crippen LogP contribution in [-0.4, -0.2) is 36.7 Å². The minimum atomic E-state index is -0.236. The normalized spacial score (nSPS) is 11.0. The molecule has 2 amide bonds. The number of rotatable bonds is 5. The fourth-order valence-corrected chi connectivity index (χ4v) is 2.85. The number of ether oxygens (including phenoxy) is 1. The molecule has 0 saturated carbocycles. The third-order valence-electron chi connectivity index (χ3n) is 3.80. The molecule has 0 aromatic heterocycles. The SMILES string of the molecule is CN(C)C(=O)Sc1ccc(NC(=O)COc2ccc(C(C)(C)C)cc2)cc1. The van der Waals surface area contributed by atoms with Crippen LogP contribution in [0.15, 0.2) is 53.4 Å². The summed E-state index contributed by atoms with van der Waals surface area (Å²) in [5, 5.41) is 2.74. The number of thioether (sulfide) groups is 1. The molecule has 0 atom stereocenters. The zero-order valence-electron chi connectivity index (χ0n) is 16.4. The van der Waals surface area contributed by atoms with Gasteiger partial charge in [-0.15, -0.1) is 0 Å². The Morgan fingerprint density at radius 1 is 1.00 bits per heavy atom. The number of carbonyl (C=O) groups excluding carboxylic acids is 2. The van der Waals surface area contributed by atoms with Gasteiger partial charge in [0.25, 0.3) is 11.1 Å². The Kier molecular flexibility index (Phi) is 6.91. The highest BCUT2D eigenvalue weighted by Crippen LogP contribution is 2.24. The maximum Gasteiger partial charge on any atom is 0.285 e. The van der Waals surface area contributed by atoms with Crippen LogP contribution in [0, 0.1) is 0 Å². The summed E-state index contributed by atoms with van der Waals surface area (Å²) in [6.45, 7) is 6.38. The molecule has 2 aromatic carbocycles. The van der Waals surface area contributed by atoms with Gasteiger partial charge in [0.2, 0.25) is 0 Å². The molecule has 0 saturated heterocycles. The number of benzene rings is 2. The van der Waals surface area contributed by atoms with Gasteiger partial charge in [0.05, 0.1) is 0 Å². The highest BCUT2D eigenvalue weighted by Gasteiger charge is 2.13. The highest BCUT2D eigenvalue weighted by atomic mass is 32.2. The van der Waals surface area contributed by atoms with Crippen LogP contribution in [0.5, 0.6) is 5.75 Å². The average Bonchev–Trinajstić information content (AvgIpc) is 2.61. The van der Waals surface area contributed by atoms with E-state index in [1.807, 2.05) is 24.3 Å². The Hall–Kier alpha value is -2.47. The van der Waals surface area contributed by atoms with E-state index in [9.17, 15) is 9.59 Å². The Morgan fingerprint density at radius 3 is 2.11 bits per heavy atom. The Bertz CT molecular complexity index is 779. The first-order chi connectivity index (χ1) is 12.6. The van der Waals surface area contributed by atoms with Crippen molar-refractivity contribution in [2.45, 2.75) is 31.1 Å². The average molecular weight is 387 g/mol. The van der Waals surface area contributed by atoms with Gasteiger partial charge in [0, 0.05) is 24.7 Å². The quantitative estimate of drug-likeness (QED) is 0.752. The number of hydrogen-bond donors (Lipinski definition) is 1. The molecule has 5 nitrogen and oxygen atoms in total. The van der Waals surface area contributed by atoms with Gasteiger partial charge in [0.15, 0.2) is 6.61 Å². The van der Waals surface area contributed by atoms with E-state index in [-0.39, 0.29) is 23.2 Å². The lowest BCUT2D eigenvalue weighted by Gasteiger charge is -2.19. The third-order valence-corrected chi connectivity index (χ3v) is 4.85. The Labute approximate surface area is 165 Å². The van der Waals surface area contributed by atoms with Crippen molar-refractivity contribution < 1.29 is 14.3 Å². The number of nitrogens with one attached hydrogen (secondary N) is 1. The molecule has 2 rings (SSSR count). The molecule has 1 N–H and O–H groups in total. The highest BCUT2D eigenvalue weighted by molar-refractivity contribution is 8.13. The maximum atomic E-state index is 12.1. The molecule has 144 valence electrons. The summed E-state index contributed by atoms with van der Waals surface area (Å²) in [7, 11) is 3.42. The van der Waals surface area contributed by atoms with E-state index in [1.165, 1.54) is 10.5 Å². The fraction of sp³-hybridized carbons (Fsp3) is 0.333. The molecular weight excluding hydrogens is 360 g/mol. The molecule has 2 aromatic rings. The third kappa shape index (κ3) is 6.64. The van der Waals surface area contributed by atoms with Crippen LogP contribution in [0.3, 0.4) is 0 Å². The van der Waals surface area contributed by atoms with E-state index in [2.05, 4.69) is 26.1 Å². The lowest BCUT2D eigenvalue weighted by molar-refractivity contribution is -0.118. The minimum Gasteiger partial charge on any atom is -0.484 e. The molecule has 0 heterocycles. The smallest absolute Gasteiger partial charge is 0.285 e. The van der Waals surface area contributed by atoms with E-state index >= 15 is 0 Å². The second-order valence-corrected chi connectivity index (χ2v) is 8.42. The fourth-order valence-electron chi connectivity index (χ4n) is 2.20. The topological polar surface area (TPSA) is 58.6 Å². The van der Waals surface area contributed by atoms with Crippen molar-refractivity contribution in [2.75, 3.05) is 26.0 Å². The number of carbonyl (C=O) groups is 2. The first-order valence-electron chi connectivity index (χ1n) is 8.67. The lowest BCUT2D eigenvalue weighted by Crippen LogP contribution is -2.20. The summed E-state index contributed by atoms with van der Waals surface area (Å²) in [4.78, 5) is 26.1. The van der Waals surface area contributed by atoms with E-state index in [4.69, 9.17) is 4.74 Å². The van der Waals surface area contributed by atoms with Crippen LogP contribution in [0.25, 0.3) is 0 Å². The largest absolute Gasteiger partial charge is 0.484 e. The predicted octanol–water partition coefficient (Wildman–Crippen LogP) is 4.78. The van der Waals surface area contributed by atoms with Gasteiger partial charge in [-0.05, 0) is 59.1 Å². The summed E-state index contributed by atoms with van der Waals surface area (Å²) in [6, 6.07) is 14.9. The van der Waals surface area contributed by atoms with Gasteiger partial charge in [-0.3, -0.25) is 9.59 Å². The van der Waals surface area contributed by atoms with Crippen molar-refractivity contribution in [2.24, 2.45) is 0 Å². The van der Waals surface area contributed by atoms with Gasteiger partial charge in [0.1, 0.15) is 5.75 Å². The molecular formula is C21H26N2O3S. The van der Waals surface area contributed by atoms with Crippen LogP contribution in [0.1, 0.15) is 26.3 Å². The van der Waals surface area contributed by atoms with Crippen molar-refractivity contribution in [3.05, 3.63) is 54.1 Å². The molecule has 0 spiro atoms. The zero-order chi connectivity index (χ0) is 20.0. The van der Waals surface area contributed by atoms with Crippen molar-refractivity contribution in [1.29, 1.82) is 0 Å². The molecule has 0 unspecified atom stereocenters. The van der Waals surface area contributed by atoms with Crippen molar-refractivity contribution >= 4 is 28.6 Å². The van der Waals surface area contributed by atoms with Crippen LogP contribution in [-0.2, 0) is 10.2 Å². The van der Waals surface area contributed by atoms with Gasteiger partial charge < -0.3 is 15.0 Å². The van der Waals surface area contributed by atoms with Crippen LogP contribution in [0.2, 0.25) is 0 Å². The van der Waals surface area contributed by atoms with Crippen molar-refractivity contribution in [3.63, 3.8) is 0 Å². The van der Waals surface area contributed by atoms with Gasteiger partial charge in [-0.1, -0.05) is 32.9 Å². The van der Waals surface area contributed by atoms with E-state index in [1.54, 1.807) is 38.4 Å². The summed E-state index contributed by atoms with van der Waals surface area (Å²) in [5.41, 5.74) is 1.95. The first-order valence-corrected chi connectivity index (χ1v) is 9.49. The molecule has 0 radical (unpaired) electrons. The lowest BCUT2D eigenvalue weighted by atomic mass is 9.87. The molecule has 27 heavy (non-hydrogen) atoms. The van der Waals surface area contributed by atoms with Crippen LogP contribution < -0.4 is 10.1 Å². The molecule has 6 heteroatoms. The predicted molar refractivity (Wildman–Crippen MR) is 111 cm³/mol. The summed E-state index contributed by atoms with van der Waals surface area (Å²) < 4.78 is 5.54. The summed E-state index contributed by atoms with van der Waals surface area (Å²) in [5.74, 6) is 0.423. The number of anilines is 1. The molecule has 0 aliphatic carbocycles. The first kappa shape index (κ1) is 20.8. The second-order valence-electron chi connectivity index (χ2n) is 7.40. The number of hydrogen-bond acceptors (Lipinski definition) is 4. The Balaban J connectivity index is 1.84. The summed E-state index contributed by atoms with van der Waals surface area (Å²) >= 11 is 1.14. The molecule has 0 fully saturated rings. The van der Waals surface area contributed by atoms with Crippen LogP contribution in [0.4, 0.5) is 10.5 Å². The van der Waals surface area contributed by atoms with Crippen molar-refractivity contribution in [1.82, 2.24) is 4.90 Å². The Morgan fingerprint density at radius 2 is 1.59 bits per heavy atom. The van der Waals surface area contributed by atoms with Crippen LogP contribution >= 0.6 is 11.8 Å². The molecule has 0 aliphatic heterocycles. The zero-order valence-corrected chi connectivity index (χ0v) is 17.2. The van der Waals surface area contributed by atoms with Crippen molar-refractivity contribution in [3.8, 4) is 5.75 Å². The number of nitrogens with zero attached hydrogens (tertiary/aromatic N) is 1. The van der Waals surface area contributed by atoms with Gasteiger partial charge >= 0.3 is 0 Å². The van der Waals surface area contributed by atoms with E-state index < -0.39 is 0 Å². The van der Waals surface area contributed by atoms with Gasteiger partial charge in [-0.2, -0.15) is 0 Å². The molecule has 0 aliphatic rings. The summed E-state index contributed by atoms with van der Waals surface area (Å²) in [6.07, 6.45) is 0. The standard InChI is InChI=1S/C21H26N2O3S/c1-21(2,3)15-6-10-17(11-7-15)26-14-19(24)22-16-8-12-18(13-9-16)27-20(25)23(4)5/h6-13H,14H2,1-5H3,(H,22,24). The monoisotopic (exact) mass is 386 g/mol. The van der Waals surface area contributed by atoms with E-state index in [0.717, 1.165) is 16.7 Å².